The van der Waals surface area contributed by atoms with Crippen molar-refractivity contribution in [1.29, 1.82) is 0 Å². The van der Waals surface area contributed by atoms with E-state index in [-0.39, 0.29) is 0 Å². The predicted molar refractivity (Wildman–Crippen MR) is 120 cm³/mol. The second kappa shape index (κ2) is 9.03. The third-order valence-electron chi connectivity index (χ3n) is 5.97. The van der Waals surface area contributed by atoms with Crippen LogP contribution < -0.4 is 11.5 Å². The highest BCUT2D eigenvalue weighted by Crippen LogP contribution is 2.38. The molecule has 2 aliphatic rings. The minimum Gasteiger partial charge on any atom is -0.399 e. The van der Waals surface area contributed by atoms with Crippen molar-refractivity contribution in [3.05, 3.63) is 70.8 Å². The van der Waals surface area contributed by atoms with E-state index in [1.54, 1.807) is 0 Å². The Morgan fingerprint density at radius 1 is 0.759 bits per heavy atom. The highest BCUT2D eigenvalue weighted by atomic mass is 15.4. The van der Waals surface area contributed by atoms with Gasteiger partial charge >= 0.3 is 0 Å². The highest BCUT2D eigenvalue weighted by molar-refractivity contribution is 6.13. The van der Waals surface area contributed by atoms with Gasteiger partial charge in [-0.15, -0.1) is 5.10 Å². The summed E-state index contributed by atoms with van der Waals surface area (Å²) in [5.41, 5.74) is 19.6. The molecule has 29 heavy (non-hydrogen) atoms. The van der Waals surface area contributed by atoms with E-state index < -0.39 is 0 Å². The molecule has 2 aromatic rings. The first-order valence-electron chi connectivity index (χ1n) is 10.6. The zero-order valence-corrected chi connectivity index (χ0v) is 16.8. The average Bonchev–Trinajstić information content (AvgIpc) is 2.78. The SMILES string of the molecule is Nc1ccc(C2=N\N=NCCC(c3ccc(N)cc3)/C3=C\2CCCCCC3)cc1. The van der Waals surface area contributed by atoms with Gasteiger partial charge in [0.2, 0.25) is 0 Å². The van der Waals surface area contributed by atoms with Crippen LogP contribution in [0.25, 0.3) is 0 Å². The van der Waals surface area contributed by atoms with Crippen molar-refractivity contribution in [2.75, 3.05) is 18.0 Å². The summed E-state index contributed by atoms with van der Waals surface area (Å²) in [7, 11) is 0. The number of hydrogen-bond acceptors (Lipinski definition) is 5. The maximum atomic E-state index is 5.95. The third kappa shape index (κ3) is 4.56. The van der Waals surface area contributed by atoms with Crippen molar-refractivity contribution >= 4 is 17.1 Å². The Labute approximate surface area is 172 Å². The molecule has 4 N–H and O–H groups in total. The Kier molecular flexibility index (Phi) is 6.03. The van der Waals surface area contributed by atoms with Crippen LogP contribution in [0.2, 0.25) is 0 Å². The fourth-order valence-corrected chi connectivity index (χ4v) is 4.45. The summed E-state index contributed by atoms with van der Waals surface area (Å²) in [4.78, 5) is 0. The molecule has 150 valence electrons. The first-order valence-corrected chi connectivity index (χ1v) is 10.6. The van der Waals surface area contributed by atoms with Crippen LogP contribution in [0.4, 0.5) is 11.4 Å². The molecule has 2 aromatic carbocycles. The summed E-state index contributed by atoms with van der Waals surface area (Å²) in [5.74, 6) is 0.319. The Bertz CT molecular complexity index is 923. The Balaban J connectivity index is 1.87. The van der Waals surface area contributed by atoms with Gasteiger partial charge in [0.1, 0.15) is 0 Å². The van der Waals surface area contributed by atoms with Gasteiger partial charge in [-0.25, -0.2) is 0 Å². The van der Waals surface area contributed by atoms with Crippen LogP contribution in [0.3, 0.4) is 0 Å². The second-order valence-corrected chi connectivity index (χ2v) is 7.95. The lowest BCUT2D eigenvalue weighted by Crippen LogP contribution is -2.15. The molecule has 5 heteroatoms. The summed E-state index contributed by atoms with van der Waals surface area (Å²) in [5, 5.41) is 13.1. The molecule has 0 saturated carbocycles. The molecular weight excluding hydrogens is 358 g/mol. The summed E-state index contributed by atoms with van der Waals surface area (Å²) >= 11 is 0. The smallest absolute Gasteiger partial charge is 0.0978 e. The molecule has 1 unspecified atom stereocenters. The first-order chi connectivity index (χ1) is 14.2. The zero-order chi connectivity index (χ0) is 20.1. The molecule has 0 aromatic heterocycles. The maximum absolute atomic E-state index is 5.95. The normalized spacial score (nSPS) is 24.8. The van der Waals surface area contributed by atoms with E-state index in [9.17, 15) is 0 Å². The van der Waals surface area contributed by atoms with Crippen LogP contribution in [-0.2, 0) is 0 Å². The van der Waals surface area contributed by atoms with Gasteiger partial charge in [-0.2, -0.15) is 5.11 Å². The Hall–Kier alpha value is -2.95. The second-order valence-electron chi connectivity index (χ2n) is 7.95. The number of nitrogens with two attached hydrogens (primary N) is 2. The van der Waals surface area contributed by atoms with Crippen molar-refractivity contribution in [3.8, 4) is 0 Å². The van der Waals surface area contributed by atoms with Crippen molar-refractivity contribution in [3.63, 3.8) is 0 Å². The van der Waals surface area contributed by atoms with E-state index in [0.717, 1.165) is 41.9 Å². The quantitative estimate of drug-likeness (QED) is 0.633. The standard InChI is InChI=1S/C24H29N5/c25-19-11-7-17(8-12-19)21-15-16-27-29-28-24(18-9-13-20(26)14-10-18)23-6-4-2-1-3-5-22(21)23/h7-14,21H,1-6,15-16,25-26H2/b23-22-,28-24+,29-27?. The lowest BCUT2D eigenvalue weighted by molar-refractivity contribution is 0.580. The molecular formula is C24H29N5. The summed E-state index contributed by atoms with van der Waals surface area (Å²) in [6.45, 7) is 0.671. The molecule has 1 atom stereocenters. The third-order valence-corrected chi connectivity index (χ3v) is 5.97. The van der Waals surface area contributed by atoms with Gasteiger partial charge in [-0.1, -0.05) is 42.7 Å². The number of nitrogen functional groups attached to an aromatic ring is 2. The summed E-state index contributed by atoms with van der Waals surface area (Å²) in [6.07, 6.45) is 8.01. The first kappa shape index (κ1) is 19.4. The molecule has 0 saturated heterocycles. The molecule has 0 bridgehead atoms. The van der Waals surface area contributed by atoms with Crippen LogP contribution in [0.5, 0.6) is 0 Å². The lowest BCUT2D eigenvalue weighted by Gasteiger charge is -2.26. The largest absolute Gasteiger partial charge is 0.399 e. The zero-order valence-electron chi connectivity index (χ0n) is 16.8. The minimum atomic E-state index is 0.319. The van der Waals surface area contributed by atoms with E-state index in [1.807, 2.05) is 36.4 Å². The predicted octanol–water partition coefficient (Wildman–Crippen LogP) is 5.85. The van der Waals surface area contributed by atoms with Crippen LogP contribution in [-0.4, -0.2) is 12.3 Å². The van der Waals surface area contributed by atoms with E-state index in [2.05, 4.69) is 27.6 Å². The van der Waals surface area contributed by atoms with Gasteiger partial charge in [0.25, 0.3) is 0 Å². The molecule has 1 heterocycles. The van der Waals surface area contributed by atoms with Crippen LogP contribution in [0, 0.1) is 0 Å². The molecule has 1 aliphatic heterocycles. The lowest BCUT2D eigenvalue weighted by atomic mass is 9.78. The van der Waals surface area contributed by atoms with Crippen LogP contribution >= 0.6 is 0 Å². The fourth-order valence-electron chi connectivity index (χ4n) is 4.45. The van der Waals surface area contributed by atoms with Gasteiger partial charge < -0.3 is 11.5 Å². The topological polar surface area (TPSA) is 89.1 Å². The van der Waals surface area contributed by atoms with Gasteiger partial charge in [0, 0.05) is 22.9 Å². The average molecular weight is 388 g/mol. The number of nitrogens with zero attached hydrogens (tertiary/aromatic N) is 3. The van der Waals surface area contributed by atoms with Crippen molar-refractivity contribution in [1.82, 2.24) is 0 Å². The van der Waals surface area contributed by atoms with Crippen molar-refractivity contribution in [2.24, 2.45) is 15.4 Å². The minimum absolute atomic E-state index is 0.319. The van der Waals surface area contributed by atoms with Gasteiger partial charge in [0.15, 0.2) is 0 Å². The Morgan fingerprint density at radius 3 is 2.14 bits per heavy atom. The maximum Gasteiger partial charge on any atom is 0.0978 e. The molecule has 5 nitrogen and oxygen atoms in total. The number of hydrogen-bond donors (Lipinski definition) is 2. The number of anilines is 2. The number of allylic oxidation sites excluding steroid dienone is 2. The fraction of sp³-hybridized carbons (Fsp3) is 0.375. The molecule has 0 amide bonds. The van der Waals surface area contributed by atoms with E-state index in [4.69, 9.17) is 11.5 Å². The van der Waals surface area contributed by atoms with Crippen molar-refractivity contribution < 1.29 is 0 Å². The van der Waals surface area contributed by atoms with E-state index in [1.165, 1.54) is 42.4 Å². The van der Waals surface area contributed by atoms with Gasteiger partial charge in [-0.05, 0) is 72.7 Å². The summed E-state index contributed by atoms with van der Waals surface area (Å²) < 4.78 is 0. The monoisotopic (exact) mass is 387 g/mol. The van der Waals surface area contributed by atoms with Crippen LogP contribution in [0.1, 0.15) is 62.0 Å². The van der Waals surface area contributed by atoms with E-state index in [0.29, 0.717) is 12.5 Å². The number of rotatable bonds is 2. The molecule has 1 aliphatic carbocycles. The molecule has 0 spiro atoms. The molecule has 0 radical (unpaired) electrons. The van der Waals surface area contributed by atoms with Crippen molar-refractivity contribution in [2.45, 2.75) is 50.9 Å². The van der Waals surface area contributed by atoms with E-state index >= 15 is 0 Å². The Morgan fingerprint density at radius 2 is 1.41 bits per heavy atom. The number of benzene rings is 2. The van der Waals surface area contributed by atoms with Gasteiger partial charge in [-0.3, -0.25) is 0 Å². The van der Waals surface area contributed by atoms with Gasteiger partial charge in [0.05, 0.1) is 12.3 Å². The van der Waals surface area contributed by atoms with Crippen LogP contribution in [0.15, 0.2) is 75.1 Å². The molecule has 4 rings (SSSR count). The highest BCUT2D eigenvalue weighted by Gasteiger charge is 2.25. The molecule has 0 fully saturated rings. The summed E-state index contributed by atoms with van der Waals surface area (Å²) in [6, 6.07) is 16.3.